The van der Waals surface area contributed by atoms with Crippen LogP contribution >= 0.6 is 0 Å². The summed E-state index contributed by atoms with van der Waals surface area (Å²) in [5.74, 6) is -1.19. The van der Waals surface area contributed by atoms with E-state index in [4.69, 9.17) is 5.11 Å². The quantitative estimate of drug-likeness (QED) is 0.921. The fourth-order valence-corrected chi connectivity index (χ4v) is 3.76. The van der Waals surface area contributed by atoms with Crippen molar-refractivity contribution >= 4 is 5.97 Å². The molecule has 1 aromatic carbocycles. The Bertz CT molecular complexity index is 890. The summed E-state index contributed by atoms with van der Waals surface area (Å²) in [6.45, 7) is 9.47. The highest BCUT2D eigenvalue weighted by atomic mass is 16.4. The van der Waals surface area contributed by atoms with Crippen molar-refractivity contribution in [2.24, 2.45) is 0 Å². The second-order valence-corrected chi connectivity index (χ2v) is 8.31. The zero-order valence-corrected chi connectivity index (χ0v) is 15.3. The first kappa shape index (κ1) is 17.5. The van der Waals surface area contributed by atoms with Gasteiger partial charge in [0, 0.05) is 6.20 Å². The van der Waals surface area contributed by atoms with Gasteiger partial charge in [0.15, 0.2) is 0 Å². The van der Waals surface area contributed by atoms with Crippen molar-refractivity contribution in [3.8, 4) is 0 Å². The molecular formula is C21H25NO3. The summed E-state index contributed by atoms with van der Waals surface area (Å²) < 4.78 is 1.46. The van der Waals surface area contributed by atoms with Gasteiger partial charge < -0.3 is 9.67 Å². The van der Waals surface area contributed by atoms with Crippen LogP contribution in [-0.4, -0.2) is 15.6 Å². The van der Waals surface area contributed by atoms with Crippen LogP contribution in [0.5, 0.6) is 0 Å². The summed E-state index contributed by atoms with van der Waals surface area (Å²) in [6.07, 6.45) is 3.93. The molecule has 132 valence electrons. The molecule has 0 unspecified atom stereocenters. The summed E-state index contributed by atoms with van der Waals surface area (Å²) in [5.41, 5.74) is 3.34. The van der Waals surface area contributed by atoms with Crippen LogP contribution in [0.4, 0.5) is 0 Å². The molecule has 0 bridgehead atoms. The van der Waals surface area contributed by atoms with Gasteiger partial charge in [-0.3, -0.25) is 4.79 Å². The van der Waals surface area contributed by atoms with E-state index in [1.807, 2.05) is 0 Å². The van der Waals surface area contributed by atoms with Gasteiger partial charge in [-0.15, -0.1) is 0 Å². The number of pyridine rings is 1. The van der Waals surface area contributed by atoms with Crippen molar-refractivity contribution < 1.29 is 9.90 Å². The number of carboxylic acid groups (broad SMARTS) is 1. The number of nitrogens with zero attached hydrogens (tertiary/aromatic N) is 1. The van der Waals surface area contributed by atoms with E-state index in [1.54, 1.807) is 12.3 Å². The molecule has 1 heterocycles. The Morgan fingerprint density at radius 1 is 1.08 bits per heavy atom. The summed E-state index contributed by atoms with van der Waals surface area (Å²) in [7, 11) is 0. The Labute approximate surface area is 148 Å². The lowest BCUT2D eigenvalue weighted by molar-refractivity contribution is 0.0694. The highest BCUT2D eigenvalue weighted by molar-refractivity contribution is 5.86. The monoisotopic (exact) mass is 339 g/mol. The molecule has 1 N–H and O–H groups in total. The van der Waals surface area contributed by atoms with Crippen molar-refractivity contribution in [3.05, 3.63) is 69.1 Å². The van der Waals surface area contributed by atoms with Gasteiger partial charge in [-0.05, 0) is 52.5 Å². The second kappa shape index (κ2) is 5.87. The molecule has 3 rings (SSSR count). The number of carbonyl (C=O) groups is 1. The molecule has 1 aromatic heterocycles. The van der Waals surface area contributed by atoms with Crippen molar-refractivity contribution in [3.63, 3.8) is 0 Å². The van der Waals surface area contributed by atoms with Crippen LogP contribution in [0, 0.1) is 0 Å². The Morgan fingerprint density at radius 2 is 1.72 bits per heavy atom. The van der Waals surface area contributed by atoms with Gasteiger partial charge >= 0.3 is 5.97 Å². The van der Waals surface area contributed by atoms with Gasteiger partial charge in [0.05, 0.1) is 6.54 Å². The third-order valence-corrected chi connectivity index (χ3v) is 5.52. The lowest BCUT2D eigenvalue weighted by Gasteiger charge is -2.42. The maximum Gasteiger partial charge on any atom is 0.341 e. The molecule has 4 nitrogen and oxygen atoms in total. The van der Waals surface area contributed by atoms with E-state index in [0.717, 1.165) is 18.4 Å². The normalized spacial score (nSPS) is 17.8. The third-order valence-electron chi connectivity index (χ3n) is 5.52. The van der Waals surface area contributed by atoms with Gasteiger partial charge in [-0.2, -0.15) is 0 Å². The lowest BCUT2D eigenvalue weighted by Crippen LogP contribution is -2.34. The van der Waals surface area contributed by atoms with Crippen LogP contribution in [-0.2, 0) is 17.4 Å². The van der Waals surface area contributed by atoms with Gasteiger partial charge in [0.2, 0.25) is 0 Å². The molecule has 25 heavy (non-hydrogen) atoms. The van der Waals surface area contributed by atoms with Gasteiger partial charge in [0.25, 0.3) is 5.56 Å². The minimum absolute atomic E-state index is 0.106. The summed E-state index contributed by atoms with van der Waals surface area (Å²) in [6, 6.07) is 9.38. The van der Waals surface area contributed by atoms with Crippen molar-refractivity contribution in [1.82, 2.24) is 4.57 Å². The second-order valence-electron chi connectivity index (χ2n) is 8.31. The largest absolute Gasteiger partial charge is 0.477 e. The number of aromatic carboxylic acids is 1. The van der Waals surface area contributed by atoms with E-state index in [-0.39, 0.29) is 16.4 Å². The third kappa shape index (κ3) is 3.13. The highest BCUT2D eigenvalue weighted by Gasteiger charge is 2.36. The van der Waals surface area contributed by atoms with E-state index in [2.05, 4.69) is 45.9 Å². The lowest BCUT2D eigenvalue weighted by atomic mass is 9.63. The molecule has 0 atom stereocenters. The van der Waals surface area contributed by atoms with Crippen LogP contribution < -0.4 is 5.56 Å². The Morgan fingerprint density at radius 3 is 2.36 bits per heavy atom. The number of rotatable bonds is 3. The van der Waals surface area contributed by atoms with Gasteiger partial charge in [-0.1, -0.05) is 45.9 Å². The molecular weight excluding hydrogens is 314 g/mol. The smallest absolute Gasteiger partial charge is 0.341 e. The number of hydrogen-bond donors (Lipinski definition) is 1. The zero-order valence-electron chi connectivity index (χ0n) is 15.3. The minimum atomic E-state index is -1.19. The molecule has 2 aromatic rings. The topological polar surface area (TPSA) is 59.3 Å². The van der Waals surface area contributed by atoms with Crippen LogP contribution in [0.25, 0.3) is 0 Å². The van der Waals surface area contributed by atoms with Crippen LogP contribution in [0.15, 0.2) is 41.3 Å². The Kier molecular flexibility index (Phi) is 4.10. The number of aromatic nitrogens is 1. The van der Waals surface area contributed by atoms with Crippen molar-refractivity contribution in [2.45, 2.75) is 57.9 Å². The van der Waals surface area contributed by atoms with Crippen LogP contribution in [0.2, 0.25) is 0 Å². The SMILES string of the molecule is CC1(C)CCC(C)(C)c2cc(Cn3cccc(C(=O)O)c3=O)ccc21. The highest BCUT2D eigenvalue weighted by Crippen LogP contribution is 2.45. The first-order valence-electron chi connectivity index (χ1n) is 8.68. The van der Waals surface area contributed by atoms with E-state index in [1.165, 1.54) is 21.8 Å². The molecule has 1 aliphatic carbocycles. The maximum absolute atomic E-state index is 12.3. The minimum Gasteiger partial charge on any atom is -0.477 e. The fourth-order valence-electron chi connectivity index (χ4n) is 3.76. The fraction of sp³-hybridized carbons (Fsp3) is 0.429. The summed E-state index contributed by atoms with van der Waals surface area (Å²) in [5, 5.41) is 9.13. The Balaban J connectivity index is 2.03. The van der Waals surface area contributed by atoms with Crippen LogP contribution in [0.1, 0.15) is 67.6 Å². The van der Waals surface area contributed by atoms with Gasteiger partial charge in [0.1, 0.15) is 5.56 Å². The number of benzene rings is 1. The molecule has 0 amide bonds. The number of hydrogen-bond acceptors (Lipinski definition) is 2. The molecule has 4 heteroatoms. The Hall–Kier alpha value is -2.36. The zero-order chi connectivity index (χ0) is 18.4. The molecule has 1 aliphatic rings. The van der Waals surface area contributed by atoms with Gasteiger partial charge in [-0.25, -0.2) is 4.79 Å². The predicted molar refractivity (Wildman–Crippen MR) is 98.5 cm³/mol. The first-order chi connectivity index (χ1) is 11.6. The molecule has 0 spiro atoms. The van der Waals surface area contributed by atoms with Crippen LogP contribution in [0.3, 0.4) is 0 Å². The molecule has 0 saturated carbocycles. The predicted octanol–water partition coefficient (Wildman–Crippen LogP) is 3.94. The molecule has 0 fully saturated rings. The number of fused-ring (bicyclic) bond motifs is 1. The van der Waals surface area contributed by atoms with E-state index in [0.29, 0.717) is 6.54 Å². The first-order valence-corrected chi connectivity index (χ1v) is 8.68. The van der Waals surface area contributed by atoms with E-state index >= 15 is 0 Å². The average molecular weight is 339 g/mol. The standard InChI is InChI=1S/C21H25NO3/c1-20(2)9-10-21(3,4)17-12-14(7-8-16(17)20)13-22-11-5-6-15(18(22)23)19(24)25/h5-8,11-12H,9-10,13H2,1-4H3,(H,24,25). The number of carboxylic acids is 1. The molecule has 0 radical (unpaired) electrons. The van der Waals surface area contributed by atoms with Crippen molar-refractivity contribution in [1.29, 1.82) is 0 Å². The van der Waals surface area contributed by atoms with E-state index in [9.17, 15) is 9.59 Å². The maximum atomic E-state index is 12.3. The summed E-state index contributed by atoms with van der Waals surface area (Å²) >= 11 is 0. The summed E-state index contributed by atoms with van der Waals surface area (Å²) in [4.78, 5) is 23.5. The average Bonchev–Trinajstić information content (AvgIpc) is 2.54. The molecule has 0 saturated heterocycles. The van der Waals surface area contributed by atoms with Crippen molar-refractivity contribution in [2.75, 3.05) is 0 Å². The van der Waals surface area contributed by atoms with E-state index < -0.39 is 11.5 Å². The molecule has 0 aliphatic heterocycles.